The molecule has 1 heterocycles. The number of hydrogen-bond acceptors (Lipinski definition) is 5. The van der Waals surface area contributed by atoms with E-state index in [9.17, 15) is 8.42 Å². The molecule has 7 nitrogen and oxygen atoms in total. The van der Waals surface area contributed by atoms with Crippen molar-refractivity contribution in [3.63, 3.8) is 0 Å². The zero-order chi connectivity index (χ0) is 15.3. The molecule has 0 unspecified atom stereocenters. The quantitative estimate of drug-likeness (QED) is 0.801. The normalized spacial score (nSPS) is 11.6. The van der Waals surface area contributed by atoms with Gasteiger partial charge in [-0.05, 0) is 38.4 Å². The molecule has 2 N–H and O–H groups in total. The number of nitrogens with zero attached hydrogens (tertiary/aromatic N) is 2. The van der Waals surface area contributed by atoms with E-state index < -0.39 is 10.0 Å². The highest BCUT2D eigenvalue weighted by Crippen LogP contribution is 2.18. The van der Waals surface area contributed by atoms with Gasteiger partial charge in [-0.3, -0.25) is 9.82 Å². The Hall–Kier alpha value is -2.06. The molecule has 0 aliphatic carbocycles. The van der Waals surface area contributed by atoms with Crippen molar-refractivity contribution in [2.45, 2.75) is 4.90 Å². The maximum absolute atomic E-state index is 12.0. The summed E-state index contributed by atoms with van der Waals surface area (Å²) in [4.78, 5) is 2.11. The molecule has 0 saturated heterocycles. The van der Waals surface area contributed by atoms with Crippen molar-refractivity contribution >= 4 is 15.7 Å². The molecule has 0 aliphatic heterocycles. The molecule has 2 rings (SSSR count). The number of anilines is 1. The summed E-state index contributed by atoms with van der Waals surface area (Å²) in [5.74, 6) is 0.697. The highest BCUT2D eigenvalue weighted by atomic mass is 32.2. The van der Waals surface area contributed by atoms with Gasteiger partial charge in [-0.2, -0.15) is 5.10 Å². The van der Waals surface area contributed by atoms with Crippen LogP contribution in [0.15, 0.2) is 41.6 Å². The first kappa shape index (κ1) is 15.3. The number of likely N-dealkylation sites (N-methyl/N-ethyl adjacent to an activating group) is 1. The summed E-state index contributed by atoms with van der Waals surface area (Å²) in [5.41, 5.74) is 0.469. The first-order chi connectivity index (χ1) is 9.97. The number of H-pyrrole nitrogens is 1. The SMILES string of the molecule is CN(C)CCOc1ccc(NS(=O)(=O)c2cn[nH]c2)cc1. The fourth-order valence-corrected chi connectivity index (χ4v) is 2.53. The number of aromatic amines is 1. The van der Waals surface area contributed by atoms with Gasteiger partial charge in [0.05, 0.1) is 6.20 Å². The first-order valence-corrected chi connectivity index (χ1v) is 7.85. The van der Waals surface area contributed by atoms with Crippen LogP contribution in [0.5, 0.6) is 5.75 Å². The maximum Gasteiger partial charge on any atom is 0.265 e. The molecular formula is C13H18N4O3S. The average molecular weight is 310 g/mol. The van der Waals surface area contributed by atoms with Gasteiger partial charge in [-0.25, -0.2) is 8.42 Å². The van der Waals surface area contributed by atoms with Crippen LogP contribution in [0, 0.1) is 0 Å². The lowest BCUT2D eigenvalue weighted by atomic mass is 10.3. The molecule has 114 valence electrons. The van der Waals surface area contributed by atoms with Gasteiger partial charge in [0.25, 0.3) is 10.0 Å². The van der Waals surface area contributed by atoms with E-state index in [1.807, 2.05) is 19.0 Å². The van der Waals surface area contributed by atoms with E-state index in [1.165, 1.54) is 12.4 Å². The predicted molar refractivity (Wildman–Crippen MR) is 79.9 cm³/mol. The van der Waals surface area contributed by atoms with Crippen molar-refractivity contribution in [2.24, 2.45) is 0 Å². The highest BCUT2D eigenvalue weighted by molar-refractivity contribution is 7.92. The maximum atomic E-state index is 12.0. The van der Waals surface area contributed by atoms with Crippen LogP contribution in [0.2, 0.25) is 0 Å². The molecular weight excluding hydrogens is 292 g/mol. The minimum Gasteiger partial charge on any atom is -0.492 e. The predicted octanol–water partition coefficient (Wildman–Crippen LogP) is 1.15. The van der Waals surface area contributed by atoms with Gasteiger partial charge >= 0.3 is 0 Å². The number of sulfonamides is 1. The second kappa shape index (κ2) is 6.59. The summed E-state index contributed by atoms with van der Waals surface area (Å²) < 4.78 is 32.0. The number of rotatable bonds is 7. The third-order valence-electron chi connectivity index (χ3n) is 2.70. The molecule has 0 spiro atoms. The van der Waals surface area contributed by atoms with Crippen molar-refractivity contribution in [3.05, 3.63) is 36.7 Å². The lowest BCUT2D eigenvalue weighted by Crippen LogP contribution is -2.19. The Morgan fingerprint density at radius 1 is 1.29 bits per heavy atom. The largest absolute Gasteiger partial charge is 0.492 e. The van der Waals surface area contributed by atoms with Crippen molar-refractivity contribution in [3.8, 4) is 5.75 Å². The molecule has 0 radical (unpaired) electrons. The molecule has 8 heteroatoms. The van der Waals surface area contributed by atoms with Gasteiger partial charge in [-0.15, -0.1) is 0 Å². The Morgan fingerprint density at radius 3 is 2.57 bits per heavy atom. The first-order valence-electron chi connectivity index (χ1n) is 6.36. The van der Waals surface area contributed by atoms with Crippen LogP contribution in [-0.2, 0) is 10.0 Å². The molecule has 0 saturated carbocycles. The number of ether oxygens (including phenoxy) is 1. The highest BCUT2D eigenvalue weighted by Gasteiger charge is 2.14. The molecule has 0 atom stereocenters. The standard InChI is InChI=1S/C13H18N4O3S/c1-17(2)7-8-20-12-5-3-11(4-6-12)16-21(18,19)13-9-14-15-10-13/h3-6,9-10,16H,7-8H2,1-2H3,(H,14,15). The molecule has 1 aromatic heterocycles. The van der Waals surface area contributed by atoms with E-state index in [2.05, 4.69) is 14.9 Å². The molecule has 0 bridgehead atoms. The van der Waals surface area contributed by atoms with Crippen molar-refractivity contribution < 1.29 is 13.2 Å². The second-order valence-electron chi connectivity index (χ2n) is 4.72. The zero-order valence-electron chi connectivity index (χ0n) is 11.9. The summed E-state index contributed by atoms with van der Waals surface area (Å²) in [5, 5.41) is 6.09. The van der Waals surface area contributed by atoms with Gasteiger partial charge in [0, 0.05) is 18.4 Å². The van der Waals surface area contributed by atoms with Gasteiger partial charge in [0.2, 0.25) is 0 Å². The van der Waals surface area contributed by atoms with Crippen LogP contribution in [0.3, 0.4) is 0 Å². The van der Waals surface area contributed by atoms with Gasteiger partial charge < -0.3 is 9.64 Å². The van der Waals surface area contributed by atoms with E-state index in [-0.39, 0.29) is 4.90 Å². The molecule has 0 aliphatic rings. The fraction of sp³-hybridized carbons (Fsp3) is 0.308. The van der Waals surface area contributed by atoms with E-state index in [0.29, 0.717) is 18.0 Å². The molecule has 0 fully saturated rings. The number of hydrogen-bond donors (Lipinski definition) is 2. The van der Waals surface area contributed by atoms with Crippen LogP contribution in [-0.4, -0.2) is 50.8 Å². The van der Waals surface area contributed by atoms with E-state index in [0.717, 1.165) is 6.54 Å². The van der Waals surface area contributed by atoms with Crippen LogP contribution in [0.25, 0.3) is 0 Å². The average Bonchev–Trinajstić information content (AvgIpc) is 2.95. The number of aromatic nitrogens is 2. The van der Waals surface area contributed by atoms with Crippen molar-refractivity contribution in [1.82, 2.24) is 15.1 Å². The van der Waals surface area contributed by atoms with E-state index in [4.69, 9.17) is 4.74 Å². The lowest BCUT2D eigenvalue weighted by molar-refractivity contribution is 0.261. The minimum absolute atomic E-state index is 0.0915. The van der Waals surface area contributed by atoms with Crippen LogP contribution in [0.1, 0.15) is 0 Å². The van der Waals surface area contributed by atoms with Gasteiger partial charge in [0.15, 0.2) is 0 Å². The Balaban J connectivity index is 1.96. The Morgan fingerprint density at radius 2 is 2.00 bits per heavy atom. The Kier molecular flexibility index (Phi) is 4.81. The van der Waals surface area contributed by atoms with Crippen LogP contribution >= 0.6 is 0 Å². The smallest absolute Gasteiger partial charge is 0.265 e. The topological polar surface area (TPSA) is 87.3 Å². The molecule has 1 aromatic carbocycles. The molecule has 2 aromatic rings. The third kappa shape index (κ3) is 4.47. The summed E-state index contributed by atoms with van der Waals surface area (Å²) >= 11 is 0. The molecule has 21 heavy (non-hydrogen) atoms. The van der Waals surface area contributed by atoms with Crippen molar-refractivity contribution in [2.75, 3.05) is 32.0 Å². The lowest BCUT2D eigenvalue weighted by Gasteiger charge is -2.11. The van der Waals surface area contributed by atoms with Crippen molar-refractivity contribution in [1.29, 1.82) is 0 Å². The monoisotopic (exact) mass is 310 g/mol. The van der Waals surface area contributed by atoms with Gasteiger partial charge in [-0.1, -0.05) is 0 Å². The van der Waals surface area contributed by atoms with Gasteiger partial charge in [0.1, 0.15) is 17.3 Å². The number of benzene rings is 1. The Labute approximate surface area is 124 Å². The number of nitrogens with one attached hydrogen (secondary N) is 2. The fourth-order valence-electron chi connectivity index (χ4n) is 1.57. The van der Waals surface area contributed by atoms with E-state index >= 15 is 0 Å². The van der Waals surface area contributed by atoms with Crippen LogP contribution in [0.4, 0.5) is 5.69 Å². The summed E-state index contributed by atoms with van der Waals surface area (Å²) in [6, 6.07) is 6.76. The minimum atomic E-state index is -3.60. The summed E-state index contributed by atoms with van der Waals surface area (Å²) in [6.45, 7) is 1.39. The second-order valence-corrected chi connectivity index (χ2v) is 6.40. The molecule has 0 amide bonds. The van der Waals surface area contributed by atoms with Crippen LogP contribution < -0.4 is 9.46 Å². The summed E-state index contributed by atoms with van der Waals surface area (Å²) in [7, 11) is 0.336. The third-order valence-corrected chi connectivity index (χ3v) is 4.05. The zero-order valence-corrected chi connectivity index (χ0v) is 12.7. The Bertz CT molecular complexity index is 651. The summed E-state index contributed by atoms with van der Waals surface area (Å²) in [6.07, 6.45) is 2.57. The van der Waals surface area contributed by atoms with E-state index in [1.54, 1.807) is 24.3 Å².